The molecule has 0 saturated carbocycles. The summed E-state index contributed by atoms with van der Waals surface area (Å²) in [7, 11) is 0. The van der Waals surface area contributed by atoms with Crippen LogP contribution >= 0.6 is 11.6 Å². The number of anilines is 1. The highest BCUT2D eigenvalue weighted by Gasteiger charge is 2.09. The number of benzene rings is 2. The number of nitrogens with one attached hydrogen (secondary N) is 1. The van der Waals surface area contributed by atoms with Gasteiger partial charge in [-0.2, -0.15) is 0 Å². The Labute approximate surface area is 144 Å². The number of carbonyl (C=O) groups is 1. The minimum atomic E-state index is -0.280. The highest BCUT2D eigenvalue weighted by atomic mass is 35.5. The van der Waals surface area contributed by atoms with E-state index < -0.39 is 0 Å². The summed E-state index contributed by atoms with van der Waals surface area (Å²) >= 11 is 5.95. The van der Waals surface area contributed by atoms with Gasteiger partial charge in [-0.3, -0.25) is 4.79 Å². The number of fused-ring (bicyclic) bond motifs is 1. The topological polar surface area (TPSA) is 69.0 Å². The van der Waals surface area contributed by atoms with Gasteiger partial charge in [0, 0.05) is 10.7 Å². The molecule has 24 heavy (non-hydrogen) atoms. The van der Waals surface area contributed by atoms with Crippen LogP contribution in [0.4, 0.5) is 5.69 Å². The molecule has 1 amide bonds. The minimum absolute atomic E-state index is 0.184. The molecule has 7 heteroatoms. The quantitative estimate of drug-likeness (QED) is 0.771. The predicted molar refractivity (Wildman–Crippen MR) is 93.1 cm³/mol. The van der Waals surface area contributed by atoms with Gasteiger partial charge in [0.15, 0.2) is 6.61 Å². The third-order valence-electron chi connectivity index (χ3n) is 3.56. The Kier molecular flexibility index (Phi) is 4.66. The number of hydrogen-bond donors (Lipinski definition) is 1. The van der Waals surface area contributed by atoms with Crippen LogP contribution in [-0.2, 0) is 4.79 Å². The fourth-order valence-electron chi connectivity index (χ4n) is 2.23. The largest absolute Gasteiger partial charge is 0.385 e. The molecular formula is C17H17ClN4O2. The third kappa shape index (κ3) is 3.65. The van der Waals surface area contributed by atoms with Crippen LogP contribution < -0.4 is 10.2 Å². The maximum atomic E-state index is 12.0. The second kappa shape index (κ2) is 6.88. The van der Waals surface area contributed by atoms with Crippen molar-refractivity contribution in [3.63, 3.8) is 0 Å². The number of hydrogen-bond acceptors (Lipinski definition) is 4. The average molecular weight is 345 g/mol. The van der Waals surface area contributed by atoms with E-state index in [0.29, 0.717) is 22.0 Å². The van der Waals surface area contributed by atoms with Crippen molar-refractivity contribution in [2.75, 3.05) is 11.9 Å². The van der Waals surface area contributed by atoms with Crippen LogP contribution in [-0.4, -0.2) is 27.7 Å². The maximum Gasteiger partial charge on any atom is 0.265 e. The molecule has 0 atom stereocenters. The molecule has 0 aliphatic carbocycles. The molecule has 3 aromatic rings. The van der Waals surface area contributed by atoms with E-state index in [1.807, 2.05) is 24.3 Å². The summed E-state index contributed by atoms with van der Waals surface area (Å²) in [5, 5.41) is 11.1. The predicted octanol–water partition coefficient (Wildman–Crippen LogP) is 3.28. The third-order valence-corrected chi connectivity index (χ3v) is 3.79. The van der Waals surface area contributed by atoms with Gasteiger partial charge in [-0.25, -0.2) is 0 Å². The lowest BCUT2D eigenvalue weighted by Crippen LogP contribution is -2.26. The number of carbonyl (C=O) groups excluding carboxylic acids is 1. The van der Waals surface area contributed by atoms with E-state index in [-0.39, 0.29) is 12.5 Å². The highest BCUT2D eigenvalue weighted by Crippen LogP contribution is 2.17. The second-order valence-electron chi connectivity index (χ2n) is 5.69. The number of halogens is 1. The van der Waals surface area contributed by atoms with Gasteiger partial charge in [-0.05, 0) is 47.0 Å². The summed E-state index contributed by atoms with van der Waals surface area (Å²) in [6, 6.07) is 12.9. The summed E-state index contributed by atoms with van der Waals surface area (Å²) < 4.78 is 0. The van der Waals surface area contributed by atoms with Crippen molar-refractivity contribution in [1.29, 1.82) is 0 Å². The van der Waals surface area contributed by atoms with E-state index in [9.17, 15) is 4.79 Å². The Morgan fingerprint density at radius 2 is 2.00 bits per heavy atom. The van der Waals surface area contributed by atoms with E-state index in [2.05, 4.69) is 29.5 Å². The number of amides is 1. The van der Waals surface area contributed by atoms with E-state index in [4.69, 9.17) is 16.4 Å². The zero-order valence-corrected chi connectivity index (χ0v) is 14.1. The molecule has 0 aliphatic heterocycles. The van der Waals surface area contributed by atoms with Crippen molar-refractivity contribution in [3.05, 3.63) is 53.1 Å². The first-order valence-electron chi connectivity index (χ1n) is 7.57. The summed E-state index contributed by atoms with van der Waals surface area (Å²) in [4.78, 5) is 18.6. The molecule has 0 unspecified atom stereocenters. The Morgan fingerprint density at radius 1 is 1.25 bits per heavy atom. The van der Waals surface area contributed by atoms with Gasteiger partial charge in [0.05, 0.1) is 0 Å². The van der Waals surface area contributed by atoms with Gasteiger partial charge in [-0.15, -0.1) is 5.10 Å². The summed E-state index contributed by atoms with van der Waals surface area (Å²) in [5.41, 5.74) is 3.19. The highest BCUT2D eigenvalue weighted by molar-refractivity contribution is 6.31. The lowest BCUT2D eigenvalue weighted by Gasteiger charge is -2.09. The molecular weight excluding hydrogens is 328 g/mol. The minimum Gasteiger partial charge on any atom is -0.385 e. The summed E-state index contributed by atoms with van der Waals surface area (Å²) in [6.45, 7) is 4.06. The first kappa shape index (κ1) is 16.3. The number of aromatic nitrogens is 3. The van der Waals surface area contributed by atoms with Crippen molar-refractivity contribution in [2.45, 2.75) is 19.8 Å². The zero-order valence-electron chi connectivity index (χ0n) is 13.4. The van der Waals surface area contributed by atoms with E-state index in [1.165, 1.54) is 10.4 Å². The van der Waals surface area contributed by atoms with Crippen LogP contribution in [0.5, 0.6) is 0 Å². The lowest BCUT2D eigenvalue weighted by molar-refractivity contribution is -0.121. The summed E-state index contributed by atoms with van der Waals surface area (Å²) in [6.07, 6.45) is 0. The van der Waals surface area contributed by atoms with Crippen LogP contribution in [0.25, 0.3) is 11.0 Å². The molecule has 0 radical (unpaired) electrons. The fraction of sp³-hybridized carbons (Fsp3) is 0.235. The molecule has 2 aromatic carbocycles. The van der Waals surface area contributed by atoms with Crippen molar-refractivity contribution in [2.24, 2.45) is 0 Å². The molecule has 0 saturated heterocycles. The Hall–Kier alpha value is -2.60. The Bertz CT molecular complexity index is 859. The van der Waals surface area contributed by atoms with Crippen LogP contribution in [0.3, 0.4) is 0 Å². The van der Waals surface area contributed by atoms with Gasteiger partial charge in [0.2, 0.25) is 0 Å². The first-order valence-corrected chi connectivity index (χ1v) is 7.95. The Morgan fingerprint density at radius 3 is 2.71 bits per heavy atom. The van der Waals surface area contributed by atoms with Crippen LogP contribution in [0.1, 0.15) is 25.3 Å². The summed E-state index contributed by atoms with van der Waals surface area (Å²) in [5.74, 6) is 0.170. The van der Waals surface area contributed by atoms with Crippen molar-refractivity contribution in [1.82, 2.24) is 15.2 Å². The monoisotopic (exact) mass is 344 g/mol. The molecule has 124 valence electrons. The molecule has 1 N–H and O–H groups in total. The Balaban J connectivity index is 1.61. The van der Waals surface area contributed by atoms with Gasteiger partial charge in [0.25, 0.3) is 5.91 Å². The first-order chi connectivity index (χ1) is 11.5. The van der Waals surface area contributed by atoms with Gasteiger partial charge < -0.3 is 10.2 Å². The molecule has 1 heterocycles. The second-order valence-corrected chi connectivity index (χ2v) is 6.13. The fourth-order valence-corrected chi connectivity index (χ4v) is 2.40. The standard InChI is InChI=1S/C17H17ClN4O2/c1-11(2)12-3-6-14(7-4-12)19-17(23)10-24-22-16-9-13(18)5-8-15(16)20-21-22/h3-9,11H,10H2,1-2H3,(H,19,23). The smallest absolute Gasteiger partial charge is 0.265 e. The van der Waals surface area contributed by atoms with Gasteiger partial charge in [-0.1, -0.05) is 42.4 Å². The molecule has 0 bridgehead atoms. The van der Waals surface area contributed by atoms with Gasteiger partial charge in [0.1, 0.15) is 11.0 Å². The van der Waals surface area contributed by atoms with Crippen molar-refractivity contribution >= 4 is 34.2 Å². The van der Waals surface area contributed by atoms with Crippen LogP contribution in [0.15, 0.2) is 42.5 Å². The van der Waals surface area contributed by atoms with Crippen molar-refractivity contribution in [3.8, 4) is 0 Å². The molecule has 0 spiro atoms. The lowest BCUT2D eigenvalue weighted by atomic mass is 10.0. The van der Waals surface area contributed by atoms with Crippen molar-refractivity contribution < 1.29 is 9.63 Å². The van der Waals surface area contributed by atoms with Gasteiger partial charge >= 0.3 is 0 Å². The van der Waals surface area contributed by atoms with E-state index in [0.717, 1.165) is 5.69 Å². The molecule has 3 rings (SSSR count). The number of nitrogens with zero attached hydrogens (tertiary/aromatic N) is 3. The molecule has 0 aliphatic rings. The maximum absolute atomic E-state index is 12.0. The average Bonchev–Trinajstić information content (AvgIpc) is 2.95. The molecule has 0 fully saturated rings. The van der Waals surface area contributed by atoms with E-state index in [1.54, 1.807) is 18.2 Å². The number of rotatable bonds is 5. The normalized spacial score (nSPS) is 11.0. The van der Waals surface area contributed by atoms with E-state index >= 15 is 0 Å². The zero-order chi connectivity index (χ0) is 17.1. The molecule has 6 nitrogen and oxygen atoms in total. The molecule has 1 aromatic heterocycles. The SMILES string of the molecule is CC(C)c1ccc(NC(=O)COn2nnc3ccc(Cl)cc32)cc1. The van der Waals surface area contributed by atoms with Crippen LogP contribution in [0, 0.1) is 0 Å². The van der Waals surface area contributed by atoms with Crippen LogP contribution in [0.2, 0.25) is 5.02 Å².